The van der Waals surface area contributed by atoms with Crippen LogP contribution in [0.2, 0.25) is 0 Å². The van der Waals surface area contributed by atoms with Gasteiger partial charge in [-0.1, -0.05) is 0 Å². The average molecular weight is 351 g/mol. The number of carboxylic acid groups (broad SMARTS) is 1. The monoisotopic (exact) mass is 350 g/mol. The molecule has 0 saturated heterocycles. The second-order valence-corrected chi connectivity index (χ2v) is 6.15. The van der Waals surface area contributed by atoms with Gasteiger partial charge in [0, 0.05) is 21.8 Å². The standard InChI is InChI=1S/C14H11BrN2O2S/c1-17(7-12-5-11(15)8-20-12)13-3-2-9(14(18)19)4-10(13)6-16/h2-5,8H,7H2,1H3,(H,18,19). The topological polar surface area (TPSA) is 64.3 Å². The summed E-state index contributed by atoms with van der Waals surface area (Å²) in [7, 11) is 1.88. The maximum atomic E-state index is 10.9. The lowest BCUT2D eigenvalue weighted by Gasteiger charge is -2.20. The molecule has 0 bridgehead atoms. The van der Waals surface area contributed by atoms with E-state index in [9.17, 15) is 4.79 Å². The smallest absolute Gasteiger partial charge is 0.335 e. The molecule has 1 N–H and O–H groups in total. The minimum atomic E-state index is -1.03. The summed E-state index contributed by atoms with van der Waals surface area (Å²) in [5.41, 5.74) is 1.21. The summed E-state index contributed by atoms with van der Waals surface area (Å²) in [5.74, 6) is -1.03. The van der Waals surface area contributed by atoms with Crippen molar-refractivity contribution in [2.45, 2.75) is 6.54 Å². The predicted molar refractivity (Wildman–Crippen MR) is 82.2 cm³/mol. The van der Waals surface area contributed by atoms with Gasteiger partial charge in [-0.2, -0.15) is 5.26 Å². The van der Waals surface area contributed by atoms with E-state index in [2.05, 4.69) is 22.0 Å². The van der Waals surface area contributed by atoms with E-state index in [-0.39, 0.29) is 5.56 Å². The molecule has 0 fully saturated rings. The van der Waals surface area contributed by atoms with Crippen LogP contribution < -0.4 is 4.90 Å². The van der Waals surface area contributed by atoms with Crippen LogP contribution in [0.4, 0.5) is 5.69 Å². The zero-order valence-corrected chi connectivity index (χ0v) is 13.0. The van der Waals surface area contributed by atoms with Crippen molar-refractivity contribution in [3.05, 3.63) is 50.1 Å². The zero-order chi connectivity index (χ0) is 14.7. The van der Waals surface area contributed by atoms with Crippen molar-refractivity contribution in [3.63, 3.8) is 0 Å². The van der Waals surface area contributed by atoms with E-state index in [4.69, 9.17) is 10.4 Å². The van der Waals surface area contributed by atoms with E-state index in [0.717, 1.165) is 15.0 Å². The quantitative estimate of drug-likeness (QED) is 0.912. The number of thiophene rings is 1. The van der Waals surface area contributed by atoms with Crippen LogP contribution >= 0.6 is 27.3 Å². The lowest BCUT2D eigenvalue weighted by atomic mass is 10.1. The lowest BCUT2D eigenvalue weighted by Crippen LogP contribution is -2.17. The highest BCUT2D eigenvalue weighted by atomic mass is 79.9. The van der Waals surface area contributed by atoms with Crippen LogP contribution in [0.25, 0.3) is 0 Å². The fourth-order valence-corrected chi connectivity index (χ4v) is 3.35. The SMILES string of the molecule is CN(Cc1cc(Br)cs1)c1ccc(C(=O)O)cc1C#N. The Morgan fingerprint density at radius 1 is 1.50 bits per heavy atom. The summed E-state index contributed by atoms with van der Waals surface area (Å²) in [6.07, 6.45) is 0. The van der Waals surface area contributed by atoms with Gasteiger partial charge in [0.05, 0.1) is 23.4 Å². The van der Waals surface area contributed by atoms with Gasteiger partial charge in [-0.3, -0.25) is 0 Å². The number of carboxylic acids is 1. The van der Waals surface area contributed by atoms with Crippen LogP contribution in [-0.2, 0) is 6.54 Å². The van der Waals surface area contributed by atoms with E-state index >= 15 is 0 Å². The van der Waals surface area contributed by atoms with E-state index in [1.807, 2.05) is 23.4 Å². The fraction of sp³-hybridized carbons (Fsp3) is 0.143. The summed E-state index contributed by atoms with van der Waals surface area (Å²) >= 11 is 5.03. The maximum Gasteiger partial charge on any atom is 0.335 e. The predicted octanol–water partition coefficient (Wildman–Crippen LogP) is 3.72. The van der Waals surface area contributed by atoms with Gasteiger partial charge in [0.25, 0.3) is 0 Å². The third-order valence-electron chi connectivity index (χ3n) is 2.79. The number of hydrogen-bond donors (Lipinski definition) is 1. The molecule has 0 atom stereocenters. The molecule has 1 heterocycles. The minimum Gasteiger partial charge on any atom is -0.478 e. The maximum absolute atomic E-state index is 10.9. The van der Waals surface area contributed by atoms with Crippen molar-refractivity contribution < 1.29 is 9.90 Å². The average Bonchev–Trinajstić information content (AvgIpc) is 2.83. The first kappa shape index (κ1) is 14.6. The molecule has 6 heteroatoms. The van der Waals surface area contributed by atoms with Crippen molar-refractivity contribution in [3.8, 4) is 6.07 Å². The van der Waals surface area contributed by atoms with Gasteiger partial charge in [-0.05, 0) is 40.2 Å². The van der Waals surface area contributed by atoms with E-state index in [1.54, 1.807) is 17.4 Å². The normalized spacial score (nSPS) is 10.1. The molecule has 0 radical (unpaired) electrons. The third kappa shape index (κ3) is 3.18. The van der Waals surface area contributed by atoms with Crippen LogP contribution in [0, 0.1) is 11.3 Å². The van der Waals surface area contributed by atoms with E-state index < -0.39 is 5.97 Å². The highest BCUT2D eigenvalue weighted by Crippen LogP contribution is 2.25. The molecule has 0 spiro atoms. The number of aromatic carboxylic acids is 1. The van der Waals surface area contributed by atoms with Gasteiger partial charge in [-0.25, -0.2) is 4.79 Å². The van der Waals surface area contributed by atoms with E-state index in [1.165, 1.54) is 12.1 Å². The molecular weight excluding hydrogens is 340 g/mol. The van der Waals surface area contributed by atoms with Crippen LogP contribution in [0.5, 0.6) is 0 Å². The molecule has 0 amide bonds. The van der Waals surface area contributed by atoms with Gasteiger partial charge < -0.3 is 10.0 Å². The Bertz CT molecular complexity index is 691. The highest BCUT2D eigenvalue weighted by Gasteiger charge is 2.12. The zero-order valence-electron chi connectivity index (χ0n) is 10.6. The molecule has 2 aromatic rings. The Labute approximate surface area is 129 Å². The van der Waals surface area contributed by atoms with Crippen LogP contribution in [0.1, 0.15) is 20.8 Å². The number of carbonyl (C=O) groups is 1. The Kier molecular flexibility index (Phi) is 4.42. The van der Waals surface area contributed by atoms with Gasteiger partial charge >= 0.3 is 5.97 Å². The molecule has 0 saturated carbocycles. The number of anilines is 1. The number of rotatable bonds is 4. The van der Waals surface area contributed by atoms with Gasteiger partial charge in [-0.15, -0.1) is 11.3 Å². The summed E-state index contributed by atoms with van der Waals surface area (Å²) in [4.78, 5) is 14.0. The Morgan fingerprint density at radius 3 is 2.80 bits per heavy atom. The molecule has 0 aliphatic rings. The van der Waals surface area contributed by atoms with Crippen molar-refractivity contribution in [2.24, 2.45) is 0 Å². The first-order chi connectivity index (χ1) is 9.51. The minimum absolute atomic E-state index is 0.123. The Balaban J connectivity index is 2.27. The number of halogens is 1. The van der Waals surface area contributed by atoms with Gasteiger partial charge in [0.1, 0.15) is 6.07 Å². The Hall–Kier alpha value is -1.84. The van der Waals surface area contributed by atoms with Gasteiger partial charge in [0.2, 0.25) is 0 Å². The molecule has 0 unspecified atom stereocenters. The molecule has 1 aromatic carbocycles. The van der Waals surface area contributed by atoms with Crippen molar-refractivity contribution in [1.29, 1.82) is 5.26 Å². The molecule has 102 valence electrons. The molecule has 2 rings (SSSR count). The highest BCUT2D eigenvalue weighted by molar-refractivity contribution is 9.10. The fourth-order valence-electron chi connectivity index (χ4n) is 1.85. The molecule has 1 aromatic heterocycles. The Morgan fingerprint density at radius 2 is 2.25 bits per heavy atom. The summed E-state index contributed by atoms with van der Waals surface area (Å²) in [6.45, 7) is 0.664. The molecule has 20 heavy (non-hydrogen) atoms. The largest absolute Gasteiger partial charge is 0.478 e. The molecule has 4 nitrogen and oxygen atoms in total. The summed E-state index contributed by atoms with van der Waals surface area (Å²) < 4.78 is 1.03. The van der Waals surface area contributed by atoms with E-state index in [0.29, 0.717) is 12.1 Å². The van der Waals surface area contributed by atoms with Crippen molar-refractivity contribution >= 4 is 38.9 Å². The van der Waals surface area contributed by atoms with Gasteiger partial charge in [0.15, 0.2) is 0 Å². The van der Waals surface area contributed by atoms with Crippen molar-refractivity contribution in [2.75, 3.05) is 11.9 Å². The number of benzene rings is 1. The first-order valence-corrected chi connectivity index (χ1v) is 7.40. The van der Waals surface area contributed by atoms with Crippen molar-refractivity contribution in [1.82, 2.24) is 0 Å². The summed E-state index contributed by atoms with van der Waals surface area (Å²) in [6, 6.07) is 8.66. The van der Waals surface area contributed by atoms with Crippen LogP contribution in [-0.4, -0.2) is 18.1 Å². The second-order valence-electron chi connectivity index (χ2n) is 4.24. The summed E-state index contributed by atoms with van der Waals surface area (Å²) in [5, 5.41) is 20.1. The molecular formula is C14H11BrN2O2S. The second kappa shape index (κ2) is 6.07. The first-order valence-electron chi connectivity index (χ1n) is 5.72. The number of nitrogens with zero attached hydrogens (tertiary/aromatic N) is 2. The third-order valence-corrected chi connectivity index (χ3v) is 4.47. The van der Waals surface area contributed by atoms with Crippen LogP contribution in [0.15, 0.2) is 34.1 Å². The number of hydrogen-bond acceptors (Lipinski definition) is 4. The number of nitriles is 1. The lowest BCUT2D eigenvalue weighted by molar-refractivity contribution is 0.0697. The van der Waals surface area contributed by atoms with Crippen LogP contribution in [0.3, 0.4) is 0 Å². The molecule has 0 aliphatic heterocycles. The molecule has 0 aliphatic carbocycles.